The van der Waals surface area contributed by atoms with E-state index in [1.807, 2.05) is 6.07 Å². The lowest BCUT2D eigenvalue weighted by Gasteiger charge is -2.08. The number of halogens is 1. The third-order valence-corrected chi connectivity index (χ3v) is 4.64. The molecule has 0 bridgehead atoms. The monoisotopic (exact) mass is 291 g/mol. The first-order valence-corrected chi connectivity index (χ1v) is 7.96. The van der Waals surface area contributed by atoms with Crippen molar-refractivity contribution in [2.45, 2.75) is 13.3 Å². The molecule has 0 heterocycles. The number of hydrogen-bond donors (Lipinski definition) is 1. The fourth-order valence-electron chi connectivity index (χ4n) is 1.45. The molecule has 102 valence electrons. The smallest absolute Gasteiger partial charge is 0.150 e. The third-order valence-electron chi connectivity index (χ3n) is 2.55. The maximum Gasteiger partial charge on any atom is 0.150 e. The molecule has 1 aromatic carbocycles. The standard InChI is InChI=1S/C12H18ClNO3S/c1-3-18(15,16)8-4-7-14-10-5-6-12(17-2)11(13)9-10/h5-6,9,14H,3-4,7-8H2,1-2H3. The zero-order valence-electron chi connectivity index (χ0n) is 10.6. The Morgan fingerprint density at radius 3 is 2.67 bits per heavy atom. The van der Waals surface area contributed by atoms with E-state index >= 15 is 0 Å². The summed E-state index contributed by atoms with van der Waals surface area (Å²) in [6, 6.07) is 5.38. The maximum atomic E-state index is 11.3. The Balaban J connectivity index is 2.43. The molecule has 0 aliphatic heterocycles. The van der Waals surface area contributed by atoms with Crippen LogP contribution in [0.1, 0.15) is 13.3 Å². The molecule has 0 amide bonds. The average molecular weight is 292 g/mol. The van der Waals surface area contributed by atoms with Gasteiger partial charge in [-0.15, -0.1) is 0 Å². The van der Waals surface area contributed by atoms with Crippen molar-refractivity contribution in [1.82, 2.24) is 0 Å². The quantitative estimate of drug-likeness (QED) is 0.785. The lowest BCUT2D eigenvalue weighted by molar-refractivity contribution is 0.415. The molecule has 0 aliphatic carbocycles. The average Bonchev–Trinajstić information content (AvgIpc) is 2.35. The van der Waals surface area contributed by atoms with Crippen molar-refractivity contribution in [3.8, 4) is 5.75 Å². The van der Waals surface area contributed by atoms with Crippen molar-refractivity contribution in [1.29, 1.82) is 0 Å². The van der Waals surface area contributed by atoms with Gasteiger partial charge in [-0.3, -0.25) is 0 Å². The molecule has 0 aliphatic rings. The van der Waals surface area contributed by atoms with Crippen LogP contribution in [0.5, 0.6) is 5.75 Å². The topological polar surface area (TPSA) is 55.4 Å². The van der Waals surface area contributed by atoms with Crippen LogP contribution in [0.4, 0.5) is 5.69 Å². The van der Waals surface area contributed by atoms with Crippen molar-refractivity contribution in [2.24, 2.45) is 0 Å². The number of rotatable bonds is 7. The van der Waals surface area contributed by atoms with E-state index in [1.165, 1.54) is 0 Å². The van der Waals surface area contributed by atoms with Crippen molar-refractivity contribution < 1.29 is 13.2 Å². The number of anilines is 1. The van der Waals surface area contributed by atoms with Crippen LogP contribution in [0.3, 0.4) is 0 Å². The molecule has 1 N–H and O–H groups in total. The van der Waals surface area contributed by atoms with E-state index in [1.54, 1.807) is 26.2 Å². The Morgan fingerprint density at radius 1 is 1.39 bits per heavy atom. The van der Waals surface area contributed by atoms with Crippen LogP contribution in [-0.2, 0) is 9.84 Å². The molecule has 0 atom stereocenters. The summed E-state index contributed by atoms with van der Waals surface area (Å²) < 4.78 is 27.6. The maximum absolute atomic E-state index is 11.3. The Bertz CT molecular complexity index is 488. The second-order valence-corrected chi connectivity index (χ2v) is 6.75. The Kier molecular flexibility index (Phi) is 5.75. The van der Waals surface area contributed by atoms with E-state index in [2.05, 4.69) is 5.32 Å². The van der Waals surface area contributed by atoms with Gasteiger partial charge in [-0.1, -0.05) is 18.5 Å². The summed E-state index contributed by atoms with van der Waals surface area (Å²) in [4.78, 5) is 0. The van der Waals surface area contributed by atoms with Crippen molar-refractivity contribution >= 4 is 27.1 Å². The summed E-state index contributed by atoms with van der Waals surface area (Å²) in [5.74, 6) is 1.03. The normalized spacial score (nSPS) is 11.3. The number of sulfone groups is 1. The van der Waals surface area contributed by atoms with E-state index in [-0.39, 0.29) is 11.5 Å². The number of methoxy groups -OCH3 is 1. The minimum Gasteiger partial charge on any atom is -0.495 e. The van der Waals surface area contributed by atoms with Crippen LogP contribution < -0.4 is 10.1 Å². The molecule has 0 radical (unpaired) electrons. The molecule has 0 saturated heterocycles. The van der Waals surface area contributed by atoms with Gasteiger partial charge in [0.1, 0.15) is 15.6 Å². The molecule has 0 aromatic heterocycles. The fraction of sp³-hybridized carbons (Fsp3) is 0.500. The van der Waals surface area contributed by atoms with Crippen molar-refractivity contribution in [2.75, 3.05) is 30.5 Å². The first kappa shape index (κ1) is 15.1. The second-order valence-electron chi connectivity index (χ2n) is 3.87. The Hall–Kier alpha value is -0.940. The summed E-state index contributed by atoms with van der Waals surface area (Å²) in [5.41, 5.74) is 0.856. The number of hydrogen-bond acceptors (Lipinski definition) is 4. The molecular weight excluding hydrogens is 274 g/mol. The predicted molar refractivity (Wildman–Crippen MR) is 75.4 cm³/mol. The van der Waals surface area contributed by atoms with Crippen LogP contribution in [-0.4, -0.2) is 33.6 Å². The summed E-state index contributed by atoms with van der Waals surface area (Å²) in [6.07, 6.45) is 0.583. The van der Waals surface area contributed by atoms with Gasteiger partial charge in [-0.2, -0.15) is 0 Å². The van der Waals surface area contributed by atoms with E-state index in [0.29, 0.717) is 23.7 Å². The molecule has 0 unspecified atom stereocenters. The lowest BCUT2D eigenvalue weighted by atomic mass is 10.3. The summed E-state index contributed by atoms with van der Waals surface area (Å²) >= 11 is 5.98. The van der Waals surface area contributed by atoms with Gasteiger partial charge in [-0.25, -0.2) is 8.42 Å². The van der Waals surface area contributed by atoms with Crippen molar-refractivity contribution in [3.63, 3.8) is 0 Å². The zero-order valence-corrected chi connectivity index (χ0v) is 12.1. The fourth-order valence-corrected chi connectivity index (χ4v) is 2.58. The molecule has 18 heavy (non-hydrogen) atoms. The SMILES string of the molecule is CCS(=O)(=O)CCCNc1ccc(OC)c(Cl)c1. The lowest BCUT2D eigenvalue weighted by Crippen LogP contribution is -2.12. The minimum absolute atomic E-state index is 0.196. The van der Waals surface area contributed by atoms with Gasteiger partial charge >= 0.3 is 0 Å². The summed E-state index contributed by atoms with van der Waals surface area (Å²) in [6.45, 7) is 2.26. The highest BCUT2D eigenvalue weighted by Gasteiger charge is 2.06. The van der Waals surface area contributed by atoms with Gasteiger partial charge in [0.15, 0.2) is 0 Å². The molecule has 0 fully saturated rings. The van der Waals surface area contributed by atoms with Crippen LogP contribution in [0.25, 0.3) is 0 Å². The van der Waals surface area contributed by atoms with E-state index < -0.39 is 9.84 Å². The van der Waals surface area contributed by atoms with Crippen LogP contribution in [0, 0.1) is 0 Å². The van der Waals surface area contributed by atoms with Crippen LogP contribution in [0.15, 0.2) is 18.2 Å². The summed E-state index contributed by atoms with van der Waals surface area (Å²) in [5, 5.41) is 3.66. The minimum atomic E-state index is -2.88. The summed E-state index contributed by atoms with van der Waals surface area (Å²) in [7, 11) is -1.32. The number of benzene rings is 1. The van der Waals surface area contributed by atoms with Crippen molar-refractivity contribution in [3.05, 3.63) is 23.2 Å². The number of ether oxygens (including phenoxy) is 1. The molecule has 0 spiro atoms. The zero-order chi connectivity index (χ0) is 13.6. The molecule has 0 saturated carbocycles. The molecule has 1 aromatic rings. The number of nitrogens with one attached hydrogen (secondary N) is 1. The largest absolute Gasteiger partial charge is 0.495 e. The highest BCUT2D eigenvalue weighted by molar-refractivity contribution is 7.91. The first-order valence-electron chi connectivity index (χ1n) is 5.76. The van der Waals surface area contributed by atoms with Gasteiger partial charge in [0.2, 0.25) is 0 Å². The highest BCUT2D eigenvalue weighted by Crippen LogP contribution is 2.27. The molecule has 4 nitrogen and oxygen atoms in total. The molecule has 6 heteroatoms. The van der Waals surface area contributed by atoms with Crippen LogP contribution >= 0.6 is 11.6 Å². The highest BCUT2D eigenvalue weighted by atomic mass is 35.5. The van der Waals surface area contributed by atoms with E-state index in [0.717, 1.165) is 5.69 Å². The predicted octanol–water partition coefficient (Wildman–Crippen LogP) is 2.59. The Morgan fingerprint density at radius 2 is 2.11 bits per heavy atom. The van der Waals surface area contributed by atoms with E-state index in [9.17, 15) is 8.42 Å². The van der Waals surface area contributed by atoms with Gasteiger partial charge < -0.3 is 10.1 Å². The van der Waals surface area contributed by atoms with E-state index in [4.69, 9.17) is 16.3 Å². The first-order chi connectivity index (χ1) is 8.48. The van der Waals surface area contributed by atoms with Gasteiger partial charge in [0.25, 0.3) is 0 Å². The van der Waals surface area contributed by atoms with Gasteiger partial charge in [0, 0.05) is 18.0 Å². The second kappa shape index (κ2) is 6.85. The van der Waals surface area contributed by atoms with Gasteiger partial charge in [-0.05, 0) is 24.6 Å². The van der Waals surface area contributed by atoms with Crippen LogP contribution in [0.2, 0.25) is 5.02 Å². The van der Waals surface area contributed by atoms with Gasteiger partial charge in [0.05, 0.1) is 17.9 Å². The molecular formula is C12H18ClNO3S. The Labute approximate surface area is 113 Å². The third kappa shape index (κ3) is 4.74. The molecule has 1 rings (SSSR count).